The van der Waals surface area contributed by atoms with Gasteiger partial charge in [-0.3, -0.25) is 10.6 Å². The standard InChI is InChI=1S/C13H21N3O2/c1-9-5-6-11(15-14)10(7-9)12(18)16(4)13(2,3)8-17/h5-7,15,17H,8,14H2,1-4H3. The normalized spacial score (nSPS) is 11.2. The van der Waals surface area contributed by atoms with Gasteiger partial charge in [-0.2, -0.15) is 0 Å². The molecular formula is C13H21N3O2. The molecule has 100 valence electrons. The molecule has 1 amide bonds. The van der Waals surface area contributed by atoms with E-state index in [2.05, 4.69) is 5.43 Å². The van der Waals surface area contributed by atoms with Gasteiger partial charge in [-0.15, -0.1) is 0 Å². The van der Waals surface area contributed by atoms with Crippen LogP contribution in [0.2, 0.25) is 0 Å². The molecular weight excluding hydrogens is 230 g/mol. The molecule has 0 aromatic heterocycles. The van der Waals surface area contributed by atoms with Gasteiger partial charge >= 0.3 is 0 Å². The number of amides is 1. The summed E-state index contributed by atoms with van der Waals surface area (Å²) in [6.07, 6.45) is 0. The van der Waals surface area contributed by atoms with Crippen molar-refractivity contribution in [1.82, 2.24) is 4.90 Å². The molecule has 5 nitrogen and oxygen atoms in total. The van der Waals surface area contributed by atoms with Crippen molar-refractivity contribution in [2.24, 2.45) is 5.84 Å². The first-order valence-electron chi connectivity index (χ1n) is 5.80. The number of carbonyl (C=O) groups is 1. The lowest BCUT2D eigenvalue weighted by Crippen LogP contribution is -2.47. The number of hydrogen-bond acceptors (Lipinski definition) is 4. The van der Waals surface area contributed by atoms with Crippen molar-refractivity contribution >= 4 is 11.6 Å². The number of nitrogens with two attached hydrogens (primary N) is 1. The maximum Gasteiger partial charge on any atom is 0.256 e. The van der Waals surface area contributed by atoms with Crippen LogP contribution in [0.4, 0.5) is 5.69 Å². The number of nitrogens with one attached hydrogen (secondary N) is 1. The highest BCUT2D eigenvalue weighted by Crippen LogP contribution is 2.21. The molecule has 1 aromatic carbocycles. The Kier molecular flexibility index (Phi) is 4.32. The molecule has 0 atom stereocenters. The van der Waals surface area contributed by atoms with E-state index in [9.17, 15) is 9.90 Å². The number of benzene rings is 1. The Morgan fingerprint density at radius 2 is 2.11 bits per heavy atom. The fraction of sp³-hybridized carbons (Fsp3) is 0.462. The van der Waals surface area contributed by atoms with Gasteiger partial charge in [0, 0.05) is 7.05 Å². The molecule has 5 heteroatoms. The molecule has 4 N–H and O–H groups in total. The summed E-state index contributed by atoms with van der Waals surface area (Å²) in [7, 11) is 1.67. The van der Waals surface area contributed by atoms with Gasteiger partial charge in [0.2, 0.25) is 0 Å². The molecule has 0 heterocycles. The maximum absolute atomic E-state index is 12.4. The van der Waals surface area contributed by atoms with E-state index in [4.69, 9.17) is 5.84 Å². The fourth-order valence-electron chi connectivity index (χ4n) is 1.52. The molecule has 18 heavy (non-hydrogen) atoms. The fourth-order valence-corrected chi connectivity index (χ4v) is 1.52. The van der Waals surface area contributed by atoms with Crippen molar-refractivity contribution in [2.75, 3.05) is 19.1 Å². The number of rotatable bonds is 4. The highest BCUT2D eigenvalue weighted by Gasteiger charge is 2.28. The number of nitrogen functional groups attached to an aromatic ring is 1. The van der Waals surface area contributed by atoms with Crippen LogP contribution in [0.15, 0.2) is 18.2 Å². The van der Waals surface area contributed by atoms with Crippen LogP contribution in [-0.4, -0.2) is 35.1 Å². The Morgan fingerprint density at radius 3 is 2.61 bits per heavy atom. The molecule has 0 fully saturated rings. The average molecular weight is 251 g/mol. The Labute approximate surface area is 108 Å². The van der Waals surface area contributed by atoms with Gasteiger partial charge in [-0.1, -0.05) is 11.6 Å². The summed E-state index contributed by atoms with van der Waals surface area (Å²) in [5.41, 5.74) is 3.96. The van der Waals surface area contributed by atoms with Crippen molar-refractivity contribution in [2.45, 2.75) is 26.3 Å². The van der Waals surface area contributed by atoms with Crippen molar-refractivity contribution < 1.29 is 9.90 Å². The van der Waals surface area contributed by atoms with Crippen LogP contribution < -0.4 is 11.3 Å². The molecule has 0 saturated heterocycles. The second-order valence-electron chi connectivity index (χ2n) is 5.03. The number of nitrogens with zero attached hydrogens (tertiary/aromatic N) is 1. The van der Waals surface area contributed by atoms with E-state index < -0.39 is 5.54 Å². The van der Waals surface area contributed by atoms with Crippen LogP contribution in [-0.2, 0) is 0 Å². The summed E-state index contributed by atoms with van der Waals surface area (Å²) in [6.45, 7) is 5.41. The van der Waals surface area contributed by atoms with E-state index in [-0.39, 0.29) is 12.5 Å². The molecule has 0 spiro atoms. The van der Waals surface area contributed by atoms with E-state index in [0.29, 0.717) is 11.3 Å². The van der Waals surface area contributed by atoms with Crippen molar-refractivity contribution in [3.63, 3.8) is 0 Å². The molecule has 1 rings (SSSR count). The second-order valence-corrected chi connectivity index (χ2v) is 5.03. The SMILES string of the molecule is Cc1ccc(NN)c(C(=O)N(C)C(C)(C)CO)c1. The molecule has 0 saturated carbocycles. The molecule has 0 aliphatic carbocycles. The third kappa shape index (κ3) is 2.80. The Morgan fingerprint density at radius 1 is 1.50 bits per heavy atom. The lowest BCUT2D eigenvalue weighted by molar-refractivity contribution is 0.0474. The Hall–Kier alpha value is -1.59. The first kappa shape index (κ1) is 14.5. The smallest absolute Gasteiger partial charge is 0.256 e. The first-order chi connectivity index (χ1) is 8.33. The van der Waals surface area contributed by atoms with E-state index in [0.717, 1.165) is 5.56 Å². The molecule has 0 aliphatic rings. The monoisotopic (exact) mass is 251 g/mol. The quantitative estimate of drug-likeness (QED) is 0.553. The third-order valence-electron chi connectivity index (χ3n) is 3.16. The summed E-state index contributed by atoms with van der Waals surface area (Å²) in [4.78, 5) is 13.9. The van der Waals surface area contributed by atoms with Crippen molar-refractivity contribution in [3.8, 4) is 0 Å². The second kappa shape index (κ2) is 5.37. The number of aliphatic hydroxyl groups is 1. The predicted octanol–water partition coefficient (Wildman–Crippen LogP) is 1.12. The first-order valence-corrected chi connectivity index (χ1v) is 5.80. The number of likely N-dealkylation sites (N-methyl/N-ethyl adjacent to an activating group) is 1. The molecule has 0 unspecified atom stereocenters. The van der Waals surface area contributed by atoms with Gasteiger partial charge in [-0.25, -0.2) is 0 Å². The Balaban J connectivity index is 3.14. The number of hydrazine groups is 1. The van der Waals surface area contributed by atoms with E-state index >= 15 is 0 Å². The topological polar surface area (TPSA) is 78.6 Å². The zero-order valence-electron chi connectivity index (χ0n) is 11.3. The van der Waals surface area contributed by atoms with E-state index in [1.54, 1.807) is 33.0 Å². The van der Waals surface area contributed by atoms with E-state index in [1.807, 2.05) is 13.0 Å². The molecule has 1 aromatic rings. The average Bonchev–Trinajstić information content (AvgIpc) is 2.36. The van der Waals surface area contributed by atoms with Gasteiger partial charge in [0.1, 0.15) is 0 Å². The van der Waals surface area contributed by atoms with Crippen molar-refractivity contribution in [1.29, 1.82) is 0 Å². The van der Waals surface area contributed by atoms with Gasteiger partial charge in [-0.05, 0) is 32.9 Å². The van der Waals surface area contributed by atoms with Crippen LogP contribution in [0.1, 0.15) is 29.8 Å². The minimum absolute atomic E-state index is 0.105. The largest absolute Gasteiger partial charge is 0.394 e. The zero-order chi connectivity index (χ0) is 13.9. The lowest BCUT2D eigenvalue weighted by atomic mass is 10.0. The summed E-state index contributed by atoms with van der Waals surface area (Å²) in [5, 5.41) is 9.31. The van der Waals surface area contributed by atoms with Crippen molar-refractivity contribution in [3.05, 3.63) is 29.3 Å². The van der Waals surface area contributed by atoms with Crippen LogP contribution in [0.25, 0.3) is 0 Å². The minimum atomic E-state index is -0.618. The third-order valence-corrected chi connectivity index (χ3v) is 3.16. The lowest BCUT2D eigenvalue weighted by Gasteiger charge is -2.34. The maximum atomic E-state index is 12.4. The minimum Gasteiger partial charge on any atom is -0.394 e. The summed E-state index contributed by atoms with van der Waals surface area (Å²) in [6, 6.07) is 5.42. The highest BCUT2D eigenvalue weighted by molar-refractivity contribution is 6.00. The predicted molar refractivity (Wildman–Crippen MR) is 72.2 cm³/mol. The summed E-state index contributed by atoms with van der Waals surface area (Å²) >= 11 is 0. The van der Waals surface area contributed by atoms with Crippen LogP contribution >= 0.6 is 0 Å². The number of carbonyl (C=O) groups excluding carboxylic acids is 1. The molecule has 0 radical (unpaired) electrons. The van der Waals surface area contributed by atoms with Crippen LogP contribution in [0, 0.1) is 6.92 Å². The Bertz CT molecular complexity index is 444. The number of hydrogen-bond donors (Lipinski definition) is 3. The van der Waals surface area contributed by atoms with Gasteiger partial charge < -0.3 is 15.4 Å². The van der Waals surface area contributed by atoms with E-state index in [1.165, 1.54) is 4.90 Å². The van der Waals surface area contributed by atoms with Crippen LogP contribution in [0.3, 0.4) is 0 Å². The molecule has 0 bridgehead atoms. The number of aliphatic hydroxyl groups excluding tert-OH is 1. The number of anilines is 1. The zero-order valence-corrected chi connectivity index (χ0v) is 11.3. The summed E-state index contributed by atoms with van der Waals surface area (Å²) in [5.74, 6) is 5.23. The highest BCUT2D eigenvalue weighted by atomic mass is 16.3. The van der Waals surface area contributed by atoms with Gasteiger partial charge in [0.15, 0.2) is 0 Å². The molecule has 0 aliphatic heterocycles. The van der Waals surface area contributed by atoms with Gasteiger partial charge in [0.25, 0.3) is 5.91 Å². The number of aryl methyl sites for hydroxylation is 1. The van der Waals surface area contributed by atoms with Gasteiger partial charge in [0.05, 0.1) is 23.4 Å². The summed E-state index contributed by atoms with van der Waals surface area (Å²) < 4.78 is 0. The van der Waals surface area contributed by atoms with Crippen LogP contribution in [0.5, 0.6) is 0 Å².